The first-order chi connectivity index (χ1) is 11.6. The molecule has 0 spiro atoms. The fourth-order valence-corrected chi connectivity index (χ4v) is 3.50. The molecule has 1 unspecified atom stereocenters. The predicted molar refractivity (Wildman–Crippen MR) is 99.1 cm³/mol. The summed E-state index contributed by atoms with van der Waals surface area (Å²) in [6, 6.07) is 6.66. The van der Waals surface area contributed by atoms with E-state index in [1.54, 1.807) is 17.0 Å². The molecule has 2 fully saturated rings. The van der Waals surface area contributed by atoms with Gasteiger partial charge in [0.25, 0.3) is 0 Å². The van der Waals surface area contributed by atoms with Crippen molar-refractivity contribution in [3.05, 3.63) is 29.3 Å². The maximum absolute atomic E-state index is 12.7. The standard InChI is InChI=1S/C17H22ClN3O3.ClH/c18-12-2-1-3-13(10-12)21-7-4-14(15(21)22)20-16(23)17(11-19)5-8-24-9-6-17;/h1-3,10,14H,4-9,11,19H2,(H,20,23);1H. The number of hydrogen-bond donors (Lipinski definition) is 2. The van der Waals surface area contributed by atoms with E-state index < -0.39 is 11.5 Å². The van der Waals surface area contributed by atoms with Crippen LogP contribution in [-0.4, -0.2) is 44.2 Å². The molecule has 0 saturated carbocycles. The molecule has 2 aliphatic rings. The van der Waals surface area contributed by atoms with Gasteiger partial charge in [-0.2, -0.15) is 0 Å². The fourth-order valence-electron chi connectivity index (χ4n) is 3.31. The SMILES string of the molecule is Cl.NCC1(C(=O)NC2CCN(c3cccc(Cl)c3)C2=O)CCOCC1. The Hall–Kier alpha value is -1.34. The first kappa shape index (κ1) is 20.0. The largest absolute Gasteiger partial charge is 0.381 e. The van der Waals surface area contributed by atoms with Gasteiger partial charge in [0.1, 0.15) is 6.04 Å². The van der Waals surface area contributed by atoms with Crippen LogP contribution in [-0.2, 0) is 14.3 Å². The van der Waals surface area contributed by atoms with E-state index >= 15 is 0 Å². The first-order valence-electron chi connectivity index (χ1n) is 8.21. The minimum atomic E-state index is -0.623. The second kappa shape index (κ2) is 8.36. The van der Waals surface area contributed by atoms with E-state index in [0.29, 0.717) is 44.0 Å². The smallest absolute Gasteiger partial charge is 0.249 e. The number of carbonyl (C=O) groups is 2. The molecule has 2 heterocycles. The van der Waals surface area contributed by atoms with Crippen LogP contribution in [0.1, 0.15) is 19.3 Å². The van der Waals surface area contributed by atoms with Crippen LogP contribution >= 0.6 is 24.0 Å². The fraction of sp³-hybridized carbons (Fsp3) is 0.529. The van der Waals surface area contributed by atoms with Crippen molar-refractivity contribution in [2.45, 2.75) is 25.3 Å². The highest BCUT2D eigenvalue weighted by atomic mass is 35.5. The average Bonchev–Trinajstić information content (AvgIpc) is 2.96. The molecule has 2 amide bonds. The Morgan fingerprint density at radius 1 is 1.40 bits per heavy atom. The van der Waals surface area contributed by atoms with Gasteiger partial charge in [-0.1, -0.05) is 17.7 Å². The van der Waals surface area contributed by atoms with Crippen molar-refractivity contribution in [3.8, 4) is 0 Å². The molecule has 6 nitrogen and oxygen atoms in total. The van der Waals surface area contributed by atoms with E-state index in [9.17, 15) is 9.59 Å². The number of anilines is 1. The molecule has 2 saturated heterocycles. The lowest BCUT2D eigenvalue weighted by molar-refractivity contribution is -0.138. The van der Waals surface area contributed by atoms with Gasteiger partial charge in [0.15, 0.2) is 0 Å². The molecule has 1 aromatic rings. The summed E-state index contributed by atoms with van der Waals surface area (Å²) in [6.45, 7) is 1.87. The molecule has 138 valence electrons. The summed E-state index contributed by atoms with van der Waals surface area (Å²) >= 11 is 6.00. The Labute approximate surface area is 158 Å². The van der Waals surface area contributed by atoms with Gasteiger partial charge in [-0.25, -0.2) is 0 Å². The van der Waals surface area contributed by atoms with Gasteiger partial charge in [0.2, 0.25) is 11.8 Å². The van der Waals surface area contributed by atoms with E-state index in [2.05, 4.69) is 5.32 Å². The Kier molecular flexibility index (Phi) is 6.68. The van der Waals surface area contributed by atoms with Crippen LogP contribution in [0.2, 0.25) is 5.02 Å². The summed E-state index contributed by atoms with van der Waals surface area (Å²) in [5, 5.41) is 3.49. The normalized spacial score (nSPS) is 22.4. The van der Waals surface area contributed by atoms with E-state index in [4.69, 9.17) is 22.1 Å². The van der Waals surface area contributed by atoms with E-state index in [1.807, 2.05) is 12.1 Å². The highest BCUT2D eigenvalue weighted by Gasteiger charge is 2.42. The zero-order valence-electron chi connectivity index (χ0n) is 13.9. The number of rotatable bonds is 4. The van der Waals surface area contributed by atoms with Crippen molar-refractivity contribution in [1.29, 1.82) is 0 Å². The van der Waals surface area contributed by atoms with Gasteiger partial charge >= 0.3 is 0 Å². The van der Waals surface area contributed by atoms with E-state index in [1.165, 1.54) is 0 Å². The molecular formula is C17H23Cl2N3O3. The third-order valence-electron chi connectivity index (χ3n) is 4.95. The number of ether oxygens (including phenoxy) is 1. The van der Waals surface area contributed by atoms with Crippen molar-refractivity contribution in [2.24, 2.45) is 11.1 Å². The molecule has 2 aliphatic heterocycles. The van der Waals surface area contributed by atoms with Crippen LogP contribution in [0.15, 0.2) is 24.3 Å². The summed E-state index contributed by atoms with van der Waals surface area (Å²) < 4.78 is 5.33. The lowest BCUT2D eigenvalue weighted by atomic mass is 9.79. The van der Waals surface area contributed by atoms with Crippen LogP contribution in [0.25, 0.3) is 0 Å². The van der Waals surface area contributed by atoms with Crippen LogP contribution in [0.3, 0.4) is 0 Å². The molecular weight excluding hydrogens is 365 g/mol. The number of hydrogen-bond acceptors (Lipinski definition) is 4. The lowest BCUT2D eigenvalue weighted by Gasteiger charge is -2.35. The summed E-state index contributed by atoms with van der Waals surface area (Å²) in [4.78, 5) is 27.0. The predicted octanol–water partition coefficient (Wildman–Crippen LogP) is 1.74. The molecule has 0 bridgehead atoms. The van der Waals surface area contributed by atoms with Crippen LogP contribution in [0.5, 0.6) is 0 Å². The Morgan fingerprint density at radius 3 is 2.76 bits per heavy atom. The Morgan fingerprint density at radius 2 is 2.12 bits per heavy atom. The van der Waals surface area contributed by atoms with Crippen molar-refractivity contribution in [3.63, 3.8) is 0 Å². The summed E-state index contributed by atoms with van der Waals surface area (Å²) in [6.07, 6.45) is 1.76. The van der Waals surface area contributed by atoms with Crippen LogP contribution < -0.4 is 16.0 Å². The second-order valence-corrected chi connectivity index (χ2v) is 6.82. The van der Waals surface area contributed by atoms with Gasteiger partial charge in [0.05, 0.1) is 5.41 Å². The van der Waals surface area contributed by atoms with E-state index in [0.717, 1.165) is 5.69 Å². The monoisotopic (exact) mass is 387 g/mol. The molecule has 0 aliphatic carbocycles. The molecule has 1 atom stereocenters. The highest BCUT2D eigenvalue weighted by Crippen LogP contribution is 2.31. The van der Waals surface area contributed by atoms with Gasteiger partial charge in [-0.15, -0.1) is 12.4 Å². The second-order valence-electron chi connectivity index (χ2n) is 6.38. The molecule has 8 heteroatoms. The number of nitrogens with two attached hydrogens (primary N) is 1. The van der Waals surface area contributed by atoms with Crippen molar-refractivity contribution < 1.29 is 14.3 Å². The van der Waals surface area contributed by atoms with Gasteiger partial charge in [-0.3, -0.25) is 9.59 Å². The number of nitrogens with one attached hydrogen (secondary N) is 1. The number of halogens is 2. The summed E-state index contributed by atoms with van der Waals surface area (Å²) in [7, 11) is 0. The minimum absolute atomic E-state index is 0. The quantitative estimate of drug-likeness (QED) is 0.823. The minimum Gasteiger partial charge on any atom is -0.381 e. The first-order valence-corrected chi connectivity index (χ1v) is 8.59. The van der Waals surface area contributed by atoms with Crippen molar-refractivity contribution in [2.75, 3.05) is 31.2 Å². The highest BCUT2D eigenvalue weighted by molar-refractivity contribution is 6.31. The van der Waals surface area contributed by atoms with E-state index in [-0.39, 0.29) is 30.8 Å². The van der Waals surface area contributed by atoms with Crippen LogP contribution in [0, 0.1) is 5.41 Å². The Bertz CT molecular complexity index is 635. The average molecular weight is 388 g/mol. The topological polar surface area (TPSA) is 84.7 Å². The molecule has 1 aromatic carbocycles. The third kappa shape index (κ3) is 4.08. The molecule has 25 heavy (non-hydrogen) atoms. The maximum atomic E-state index is 12.7. The van der Waals surface area contributed by atoms with Crippen molar-refractivity contribution in [1.82, 2.24) is 5.32 Å². The van der Waals surface area contributed by atoms with Gasteiger partial charge in [-0.05, 0) is 37.5 Å². The van der Waals surface area contributed by atoms with Crippen molar-refractivity contribution >= 4 is 41.5 Å². The number of nitrogens with zero attached hydrogens (tertiary/aromatic N) is 1. The zero-order chi connectivity index (χ0) is 17.2. The molecule has 0 radical (unpaired) electrons. The molecule has 3 N–H and O–H groups in total. The number of carbonyl (C=O) groups excluding carboxylic acids is 2. The lowest BCUT2D eigenvalue weighted by Crippen LogP contribution is -2.53. The third-order valence-corrected chi connectivity index (χ3v) is 5.19. The molecule has 0 aromatic heterocycles. The maximum Gasteiger partial charge on any atom is 0.249 e. The summed E-state index contributed by atoms with van der Waals surface area (Å²) in [5.41, 5.74) is 5.99. The molecule has 3 rings (SSSR count). The Balaban J connectivity index is 0.00000225. The summed E-state index contributed by atoms with van der Waals surface area (Å²) in [5.74, 6) is -0.246. The van der Waals surface area contributed by atoms with Gasteiger partial charge in [0, 0.05) is 37.0 Å². The van der Waals surface area contributed by atoms with Crippen LogP contribution in [0.4, 0.5) is 5.69 Å². The number of amides is 2. The van der Waals surface area contributed by atoms with Gasteiger partial charge < -0.3 is 20.7 Å². The zero-order valence-corrected chi connectivity index (χ0v) is 15.4. The number of benzene rings is 1.